The Morgan fingerprint density at radius 1 is 1.42 bits per heavy atom. The van der Waals surface area contributed by atoms with Gasteiger partial charge in [-0.3, -0.25) is 9.69 Å². The molecule has 0 aliphatic carbocycles. The minimum absolute atomic E-state index is 0.0988. The van der Waals surface area contributed by atoms with Crippen LogP contribution >= 0.6 is 0 Å². The monoisotopic (exact) mass is 267 g/mol. The molecule has 0 aromatic heterocycles. The number of nitrogens with one attached hydrogen (secondary N) is 2. The van der Waals surface area contributed by atoms with Crippen LogP contribution in [0.25, 0.3) is 0 Å². The lowest BCUT2D eigenvalue weighted by atomic mass is 9.85. The molecule has 2 atom stereocenters. The predicted molar refractivity (Wildman–Crippen MR) is 78.0 cm³/mol. The molecule has 4 heteroatoms. The molecule has 4 nitrogen and oxygen atoms in total. The normalized spacial score (nSPS) is 30.4. The van der Waals surface area contributed by atoms with E-state index in [1.807, 2.05) is 0 Å². The van der Waals surface area contributed by atoms with E-state index < -0.39 is 0 Å². The summed E-state index contributed by atoms with van der Waals surface area (Å²) in [5.41, 5.74) is 0.0280. The number of likely N-dealkylation sites (tertiary alicyclic amines) is 1. The highest BCUT2D eigenvalue weighted by atomic mass is 16.2. The summed E-state index contributed by atoms with van der Waals surface area (Å²) in [6, 6.07) is 0. The Bertz CT molecular complexity index is 351. The van der Waals surface area contributed by atoms with Gasteiger partial charge in [-0.05, 0) is 52.5 Å². The summed E-state index contributed by atoms with van der Waals surface area (Å²) < 4.78 is 0. The number of hydrogen-bond acceptors (Lipinski definition) is 3. The molecule has 2 aliphatic heterocycles. The van der Waals surface area contributed by atoms with Crippen molar-refractivity contribution in [3.8, 4) is 0 Å². The van der Waals surface area contributed by atoms with Gasteiger partial charge in [0.2, 0.25) is 5.91 Å². The second-order valence-electron chi connectivity index (χ2n) is 7.34. The molecule has 0 radical (unpaired) electrons. The number of fused-ring (bicyclic) bond motifs is 1. The van der Waals surface area contributed by atoms with E-state index >= 15 is 0 Å². The van der Waals surface area contributed by atoms with E-state index in [0.29, 0.717) is 18.4 Å². The van der Waals surface area contributed by atoms with Crippen molar-refractivity contribution in [1.82, 2.24) is 15.5 Å². The Kier molecular flexibility index (Phi) is 3.94. The van der Waals surface area contributed by atoms with Gasteiger partial charge in [-0.2, -0.15) is 0 Å². The Morgan fingerprint density at radius 3 is 2.68 bits per heavy atom. The Labute approximate surface area is 117 Å². The summed E-state index contributed by atoms with van der Waals surface area (Å²) in [6.45, 7) is 14.6. The van der Waals surface area contributed by atoms with Gasteiger partial charge in [0.05, 0.1) is 6.54 Å². The summed E-state index contributed by atoms with van der Waals surface area (Å²) >= 11 is 0. The number of rotatable bonds is 4. The smallest absolute Gasteiger partial charge is 0.234 e. The van der Waals surface area contributed by atoms with E-state index in [1.165, 1.54) is 0 Å². The summed E-state index contributed by atoms with van der Waals surface area (Å²) in [5, 5.41) is 6.61. The molecule has 19 heavy (non-hydrogen) atoms. The zero-order valence-corrected chi connectivity index (χ0v) is 13.0. The van der Waals surface area contributed by atoms with Crippen molar-refractivity contribution in [2.24, 2.45) is 11.8 Å². The Morgan fingerprint density at radius 2 is 2.11 bits per heavy atom. The molecule has 2 fully saturated rings. The lowest BCUT2D eigenvalue weighted by Gasteiger charge is -2.36. The molecule has 0 spiro atoms. The van der Waals surface area contributed by atoms with Crippen LogP contribution in [0.3, 0.4) is 0 Å². The molecule has 2 aliphatic rings. The van der Waals surface area contributed by atoms with Gasteiger partial charge in [-0.1, -0.05) is 6.92 Å². The van der Waals surface area contributed by atoms with E-state index in [1.54, 1.807) is 0 Å². The first-order valence-corrected chi connectivity index (χ1v) is 7.53. The molecule has 2 heterocycles. The van der Waals surface area contributed by atoms with Crippen molar-refractivity contribution in [3.63, 3.8) is 0 Å². The summed E-state index contributed by atoms with van der Waals surface area (Å²) in [6.07, 6.45) is 0.956. The predicted octanol–water partition coefficient (Wildman–Crippen LogP) is 1.22. The van der Waals surface area contributed by atoms with Gasteiger partial charge in [0, 0.05) is 24.2 Å². The lowest BCUT2D eigenvalue weighted by Crippen LogP contribution is -2.52. The van der Waals surface area contributed by atoms with Crippen molar-refractivity contribution >= 4 is 5.91 Å². The van der Waals surface area contributed by atoms with Crippen LogP contribution in [0.4, 0.5) is 0 Å². The molecule has 0 saturated carbocycles. The first-order chi connectivity index (χ1) is 8.76. The highest BCUT2D eigenvalue weighted by molar-refractivity contribution is 5.79. The number of hydrogen-bond donors (Lipinski definition) is 2. The quantitative estimate of drug-likeness (QED) is 0.805. The van der Waals surface area contributed by atoms with Gasteiger partial charge in [-0.15, -0.1) is 0 Å². The van der Waals surface area contributed by atoms with Crippen LogP contribution in [0.5, 0.6) is 0 Å². The fraction of sp³-hybridized carbons (Fsp3) is 0.933. The van der Waals surface area contributed by atoms with Gasteiger partial charge in [0.1, 0.15) is 0 Å². The molecule has 0 bridgehead atoms. The van der Waals surface area contributed by atoms with Crippen LogP contribution in [0, 0.1) is 11.8 Å². The van der Waals surface area contributed by atoms with E-state index in [4.69, 9.17) is 0 Å². The second-order valence-corrected chi connectivity index (χ2v) is 7.34. The summed E-state index contributed by atoms with van der Waals surface area (Å²) in [7, 11) is 0. The summed E-state index contributed by atoms with van der Waals surface area (Å²) in [4.78, 5) is 14.6. The highest BCUT2D eigenvalue weighted by Gasteiger charge is 2.49. The SMILES string of the molecule is CCC(C)(C)NC(=O)CN1CC2CNCC2C1(C)C. The Balaban J connectivity index is 1.95. The van der Waals surface area contributed by atoms with Crippen molar-refractivity contribution in [2.75, 3.05) is 26.2 Å². The van der Waals surface area contributed by atoms with Gasteiger partial charge < -0.3 is 10.6 Å². The number of nitrogens with zero attached hydrogens (tertiary/aromatic N) is 1. The van der Waals surface area contributed by atoms with Gasteiger partial charge >= 0.3 is 0 Å². The number of carbonyl (C=O) groups is 1. The van der Waals surface area contributed by atoms with Crippen molar-refractivity contribution in [2.45, 2.75) is 52.1 Å². The lowest BCUT2D eigenvalue weighted by molar-refractivity contribution is -0.124. The largest absolute Gasteiger partial charge is 0.350 e. The molecule has 2 saturated heterocycles. The van der Waals surface area contributed by atoms with Crippen molar-refractivity contribution in [1.29, 1.82) is 0 Å². The van der Waals surface area contributed by atoms with Crippen LogP contribution in [0.1, 0.15) is 41.0 Å². The molecule has 1 amide bonds. The molecular weight excluding hydrogens is 238 g/mol. The van der Waals surface area contributed by atoms with Crippen molar-refractivity contribution in [3.05, 3.63) is 0 Å². The molecule has 0 aromatic rings. The summed E-state index contributed by atoms with van der Waals surface area (Å²) in [5.74, 6) is 1.55. The molecule has 2 unspecified atom stereocenters. The fourth-order valence-corrected chi connectivity index (χ4v) is 3.45. The van der Waals surface area contributed by atoms with Gasteiger partial charge in [0.25, 0.3) is 0 Å². The zero-order valence-electron chi connectivity index (χ0n) is 13.0. The standard InChI is InChI=1S/C15H29N3O/c1-6-14(2,3)17-13(19)10-18-9-11-7-16-8-12(11)15(18,4)5/h11-12,16H,6-10H2,1-5H3,(H,17,19). The molecule has 110 valence electrons. The average molecular weight is 267 g/mol. The van der Waals surface area contributed by atoms with E-state index in [-0.39, 0.29) is 17.0 Å². The van der Waals surface area contributed by atoms with Gasteiger partial charge in [-0.25, -0.2) is 0 Å². The molecule has 2 rings (SSSR count). The maximum atomic E-state index is 12.2. The number of amides is 1. The first kappa shape index (κ1) is 14.8. The molecular formula is C15H29N3O. The Hall–Kier alpha value is -0.610. The van der Waals surface area contributed by atoms with Crippen LogP contribution < -0.4 is 10.6 Å². The van der Waals surface area contributed by atoms with Crippen LogP contribution in [-0.2, 0) is 4.79 Å². The first-order valence-electron chi connectivity index (χ1n) is 7.53. The topological polar surface area (TPSA) is 44.4 Å². The fourth-order valence-electron chi connectivity index (χ4n) is 3.45. The third-order valence-corrected chi connectivity index (χ3v) is 5.21. The van der Waals surface area contributed by atoms with E-state index in [9.17, 15) is 4.79 Å². The van der Waals surface area contributed by atoms with Crippen LogP contribution in [0.15, 0.2) is 0 Å². The highest BCUT2D eigenvalue weighted by Crippen LogP contribution is 2.40. The number of carbonyl (C=O) groups excluding carboxylic acids is 1. The minimum atomic E-state index is -0.0988. The second kappa shape index (κ2) is 5.06. The van der Waals surface area contributed by atoms with Crippen LogP contribution in [0.2, 0.25) is 0 Å². The maximum Gasteiger partial charge on any atom is 0.234 e. The van der Waals surface area contributed by atoms with E-state index in [0.717, 1.165) is 26.1 Å². The van der Waals surface area contributed by atoms with Gasteiger partial charge in [0.15, 0.2) is 0 Å². The average Bonchev–Trinajstić information content (AvgIpc) is 2.83. The third kappa shape index (κ3) is 2.95. The van der Waals surface area contributed by atoms with Crippen molar-refractivity contribution < 1.29 is 4.79 Å². The minimum Gasteiger partial charge on any atom is -0.350 e. The molecule has 2 N–H and O–H groups in total. The third-order valence-electron chi connectivity index (χ3n) is 5.21. The van der Waals surface area contributed by atoms with Crippen LogP contribution in [-0.4, -0.2) is 48.1 Å². The maximum absolute atomic E-state index is 12.2. The molecule has 0 aromatic carbocycles. The zero-order chi connectivity index (χ0) is 14.3. The van der Waals surface area contributed by atoms with E-state index in [2.05, 4.69) is 50.2 Å².